The van der Waals surface area contributed by atoms with Crippen LogP contribution in [0.4, 0.5) is 0 Å². The van der Waals surface area contributed by atoms with Gasteiger partial charge in [0, 0.05) is 5.41 Å². The molecule has 1 saturated carbocycles. The number of aromatic hydroxyl groups is 1. The normalized spacial score (nSPS) is 20.0. The number of aliphatic hydroxyl groups excluding tert-OH is 1. The first-order valence-electron chi connectivity index (χ1n) is 5.46. The Bertz CT molecular complexity index is 367. The Morgan fingerprint density at radius 3 is 2.00 bits per heavy atom. The Morgan fingerprint density at radius 1 is 1.20 bits per heavy atom. The van der Waals surface area contributed by atoms with Gasteiger partial charge in [-0.3, -0.25) is 0 Å². The average molecular weight is 206 g/mol. The summed E-state index contributed by atoms with van der Waals surface area (Å²) in [4.78, 5) is 0. The van der Waals surface area contributed by atoms with Gasteiger partial charge in [0.1, 0.15) is 5.75 Å². The molecule has 0 spiro atoms. The van der Waals surface area contributed by atoms with Gasteiger partial charge in [-0.15, -0.1) is 0 Å². The highest BCUT2D eigenvalue weighted by Crippen LogP contribution is 2.51. The molecule has 2 heteroatoms. The number of aryl methyl sites for hydroxylation is 2. The van der Waals surface area contributed by atoms with Crippen LogP contribution >= 0.6 is 0 Å². The Labute approximate surface area is 90.6 Å². The smallest absolute Gasteiger partial charge is 0.121 e. The summed E-state index contributed by atoms with van der Waals surface area (Å²) in [6.07, 6.45) is 1.80. The van der Waals surface area contributed by atoms with E-state index in [2.05, 4.69) is 0 Å². The fraction of sp³-hybridized carbons (Fsp3) is 0.538. The van der Waals surface area contributed by atoms with Crippen molar-refractivity contribution in [1.82, 2.24) is 0 Å². The topological polar surface area (TPSA) is 40.5 Å². The molecule has 0 amide bonds. The van der Waals surface area contributed by atoms with Crippen LogP contribution in [0.5, 0.6) is 5.75 Å². The lowest BCUT2D eigenvalue weighted by Crippen LogP contribution is -2.22. The quantitative estimate of drug-likeness (QED) is 0.780. The summed E-state index contributed by atoms with van der Waals surface area (Å²) >= 11 is 0. The van der Waals surface area contributed by atoms with E-state index in [4.69, 9.17) is 0 Å². The second kappa shape index (κ2) is 3.24. The highest BCUT2D eigenvalue weighted by Gasteiger charge is 2.48. The lowest BCUT2D eigenvalue weighted by molar-refractivity contribution is 0.150. The summed E-state index contributed by atoms with van der Waals surface area (Å²) < 4.78 is 0. The summed E-state index contributed by atoms with van der Waals surface area (Å²) in [5.74, 6) is 0.375. The lowest BCUT2D eigenvalue weighted by Gasteiger charge is -2.20. The molecular weight excluding hydrogens is 188 g/mol. The maximum atomic E-state index is 9.78. The van der Waals surface area contributed by atoms with Crippen LogP contribution in [0.3, 0.4) is 0 Å². The number of phenolic OH excluding ortho intramolecular Hbond substituents is 1. The van der Waals surface area contributed by atoms with Crippen molar-refractivity contribution in [3.05, 3.63) is 28.8 Å². The summed E-state index contributed by atoms with van der Waals surface area (Å²) in [6.45, 7) is 5.67. The van der Waals surface area contributed by atoms with Gasteiger partial charge >= 0.3 is 0 Å². The van der Waals surface area contributed by atoms with Crippen LogP contribution < -0.4 is 0 Å². The first-order valence-corrected chi connectivity index (χ1v) is 5.46. The van der Waals surface area contributed by atoms with E-state index in [0.29, 0.717) is 5.75 Å². The van der Waals surface area contributed by atoms with E-state index in [1.165, 1.54) is 5.56 Å². The minimum Gasteiger partial charge on any atom is -0.507 e. The molecule has 0 aliphatic heterocycles. The van der Waals surface area contributed by atoms with Crippen molar-refractivity contribution < 1.29 is 10.2 Å². The Morgan fingerprint density at radius 2 is 1.67 bits per heavy atom. The Balaban J connectivity index is 2.47. The molecule has 1 aromatic rings. The van der Waals surface area contributed by atoms with Gasteiger partial charge in [0.05, 0.1) is 6.10 Å². The van der Waals surface area contributed by atoms with Crippen LogP contribution in [-0.2, 0) is 5.41 Å². The van der Waals surface area contributed by atoms with Crippen molar-refractivity contribution in [1.29, 1.82) is 0 Å². The monoisotopic (exact) mass is 206 g/mol. The number of rotatable bonds is 2. The number of phenols is 1. The largest absolute Gasteiger partial charge is 0.507 e. The summed E-state index contributed by atoms with van der Waals surface area (Å²) in [5.41, 5.74) is 2.93. The Hall–Kier alpha value is -1.02. The lowest BCUT2D eigenvalue weighted by atomic mass is 9.88. The third-order valence-corrected chi connectivity index (χ3v) is 3.65. The van der Waals surface area contributed by atoms with Crippen molar-refractivity contribution >= 4 is 0 Å². The van der Waals surface area contributed by atoms with Crippen molar-refractivity contribution in [2.75, 3.05) is 0 Å². The van der Waals surface area contributed by atoms with Crippen molar-refractivity contribution in [3.63, 3.8) is 0 Å². The van der Waals surface area contributed by atoms with Crippen molar-refractivity contribution in [2.45, 2.75) is 45.1 Å². The average Bonchev–Trinajstić information content (AvgIpc) is 2.93. The van der Waals surface area contributed by atoms with Gasteiger partial charge in [-0.1, -0.05) is 12.1 Å². The molecule has 1 unspecified atom stereocenters. The van der Waals surface area contributed by atoms with E-state index in [1.54, 1.807) is 0 Å². The molecule has 82 valence electrons. The van der Waals surface area contributed by atoms with Gasteiger partial charge in [0.25, 0.3) is 0 Å². The van der Waals surface area contributed by atoms with E-state index >= 15 is 0 Å². The summed E-state index contributed by atoms with van der Waals surface area (Å²) in [6, 6.07) is 4.00. The molecule has 1 aliphatic carbocycles. The minimum absolute atomic E-state index is 0.0385. The van der Waals surface area contributed by atoms with Crippen LogP contribution in [-0.4, -0.2) is 16.3 Å². The van der Waals surface area contributed by atoms with E-state index in [9.17, 15) is 10.2 Å². The first-order chi connectivity index (χ1) is 6.97. The van der Waals surface area contributed by atoms with E-state index in [1.807, 2.05) is 32.9 Å². The van der Waals surface area contributed by atoms with Crippen molar-refractivity contribution in [2.24, 2.45) is 0 Å². The van der Waals surface area contributed by atoms with E-state index < -0.39 is 0 Å². The molecule has 0 bridgehead atoms. The van der Waals surface area contributed by atoms with E-state index in [0.717, 1.165) is 24.0 Å². The molecule has 1 fully saturated rings. The minimum atomic E-state index is -0.305. The molecule has 0 radical (unpaired) electrons. The predicted octanol–water partition coefficient (Wildman–Crippen LogP) is 2.42. The molecule has 0 heterocycles. The van der Waals surface area contributed by atoms with Gasteiger partial charge in [-0.2, -0.15) is 0 Å². The van der Waals surface area contributed by atoms with Crippen LogP contribution in [0.1, 0.15) is 36.5 Å². The molecule has 1 atom stereocenters. The molecule has 1 aliphatic rings. The van der Waals surface area contributed by atoms with Crippen LogP contribution in [0.2, 0.25) is 0 Å². The number of hydrogen-bond acceptors (Lipinski definition) is 2. The number of aliphatic hydroxyl groups is 1. The third-order valence-electron chi connectivity index (χ3n) is 3.65. The van der Waals surface area contributed by atoms with Gasteiger partial charge in [-0.05, 0) is 50.3 Å². The van der Waals surface area contributed by atoms with Gasteiger partial charge < -0.3 is 10.2 Å². The highest BCUT2D eigenvalue weighted by molar-refractivity contribution is 5.46. The van der Waals surface area contributed by atoms with Crippen LogP contribution in [0, 0.1) is 13.8 Å². The first kappa shape index (κ1) is 10.5. The van der Waals surface area contributed by atoms with Crippen molar-refractivity contribution in [3.8, 4) is 5.75 Å². The second-order valence-electron chi connectivity index (χ2n) is 4.79. The molecule has 2 rings (SSSR count). The molecule has 2 nitrogen and oxygen atoms in total. The zero-order valence-corrected chi connectivity index (χ0v) is 9.54. The predicted molar refractivity (Wildman–Crippen MR) is 60.2 cm³/mol. The Kier molecular flexibility index (Phi) is 2.27. The second-order valence-corrected chi connectivity index (χ2v) is 4.79. The molecule has 0 saturated heterocycles. The maximum Gasteiger partial charge on any atom is 0.121 e. The van der Waals surface area contributed by atoms with Gasteiger partial charge in [0.2, 0.25) is 0 Å². The number of hydrogen-bond donors (Lipinski definition) is 2. The highest BCUT2D eigenvalue weighted by atomic mass is 16.3. The zero-order valence-electron chi connectivity index (χ0n) is 9.54. The maximum absolute atomic E-state index is 9.78. The fourth-order valence-corrected chi connectivity index (χ4v) is 2.33. The standard InChI is InChI=1S/C13H18O2/c1-8-6-11(7-9(2)12(8)15)13(4-5-13)10(3)14/h6-7,10,14-15H,4-5H2,1-3H3. The SMILES string of the molecule is Cc1cc(C2(C(C)O)CC2)cc(C)c1O. The number of benzene rings is 1. The van der Waals surface area contributed by atoms with E-state index in [-0.39, 0.29) is 11.5 Å². The fourth-order valence-electron chi connectivity index (χ4n) is 2.33. The molecule has 0 aromatic heterocycles. The van der Waals surface area contributed by atoms with Crippen LogP contribution in [0.15, 0.2) is 12.1 Å². The molecule has 1 aromatic carbocycles. The summed E-state index contributed by atoms with van der Waals surface area (Å²) in [5, 5.41) is 19.5. The van der Waals surface area contributed by atoms with Crippen LogP contribution in [0.25, 0.3) is 0 Å². The van der Waals surface area contributed by atoms with Gasteiger partial charge in [0.15, 0.2) is 0 Å². The van der Waals surface area contributed by atoms with Gasteiger partial charge in [-0.25, -0.2) is 0 Å². The molecule has 2 N–H and O–H groups in total. The molecule has 15 heavy (non-hydrogen) atoms. The molecular formula is C13H18O2. The zero-order chi connectivity index (χ0) is 11.2. The third kappa shape index (κ3) is 1.53. The summed E-state index contributed by atoms with van der Waals surface area (Å²) in [7, 11) is 0.